The molecule has 0 unspecified atom stereocenters. The van der Waals surface area contributed by atoms with Crippen molar-refractivity contribution in [3.8, 4) is 0 Å². The summed E-state index contributed by atoms with van der Waals surface area (Å²) in [4.78, 5) is 11.9. The second-order valence-electron chi connectivity index (χ2n) is 4.95. The number of hydrogen-bond acceptors (Lipinski definition) is 2. The Bertz CT molecular complexity index is 391. The largest absolute Gasteiger partial charge is 0.350 e. The zero-order valence-electron chi connectivity index (χ0n) is 10.7. The van der Waals surface area contributed by atoms with Gasteiger partial charge in [0.15, 0.2) is 0 Å². The van der Waals surface area contributed by atoms with Crippen LogP contribution in [-0.4, -0.2) is 15.7 Å². The molecule has 0 atom stereocenters. The number of carbonyl (C=O) groups is 1. The summed E-state index contributed by atoms with van der Waals surface area (Å²) >= 11 is 0. The van der Waals surface area contributed by atoms with Crippen LogP contribution in [0.4, 0.5) is 0 Å². The predicted octanol–water partition coefficient (Wildman–Crippen LogP) is 1.93. The molecule has 4 nitrogen and oxygen atoms in total. The molecule has 1 fully saturated rings. The van der Waals surface area contributed by atoms with E-state index < -0.39 is 0 Å². The molecule has 17 heavy (non-hydrogen) atoms. The van der Waals surface area contributed by atoms with Crippen molar-refractivity contribution >= 4 is 5.91 Å². The fraction of sp³-hybridized carbons (Fsp3) is 0.692. The van der Waals surface area contributed by atoms with Gasteiger partial charge in [-0.15, -0.1) is 0 Å². The molecule has 1 amide bonds. The number of amides is 1. The van der Waals surface area contributed by atoms with Crippen LogP contribution in [0.5, 0.6) is 0 Å². The van der Waals surface area contributed by atoms with E-state index in [1.54, 1.807) is 0 Å². The normalized spacial score (nSPS) is 17.1. The van der Waals surface area contributed by atoms with Crippen molar-refractivity contribution < 1.29 is 4.79 Å². The van der Waals surface area contributed by atoms with Crippen LogP contribution in [0.15, 0.2) is 6.07 Å². The Hall–Kier alpha value is -1.32. The molecule has 0 saturated heterocycles. The molecule has 4 heteroatoms. The molecule has 94 valence electrons. The number of nitrogens with zero attached hydrogens (tertiary/aromatic N) is 2. The lowest BCUT2D eigenvalue weighted by molar-refractivity contribution is -0.126. The van der Waals surface area contributed by atoms with Crippen LogP contribution in [0.2, 0.25) is 0 Å². The highest BCUT2D eigenvalue weighted by Crippen LogP contribution is 2.23. The maximum atomic E-state index is 11.9. The lowest BCUT2D eigenvalue weighted by Gasteiger charge is -2.20. The number of carbonyl (C=O) groups excluding carboxylic acids is 1. The molecule has 0 spiro atoms. The highest BCUT2D eigenvalue weighted by atomic mass is 16.1. The Morgan fingerprint density at radius 1 is 1.47 bits per heavy atom. The van der Waals surface area contributed by atoms with Crippen molar-refractivity contribution in [3.63, 3.8) is 0 Å². The first-order valence-corrected chi connectivity index (χ1v) is 6.44. The standard InChI is InChI=1S/C13H21N3O/c1-10-8-12(16(2)15-10)9-14-13(17)11-6-4-3-5-7-11/h8,11H,3-7,9H2,1-2H3,(H,14,17). The molecule has 1 saturated carbocycles. The summed E-state index contributed by atoms with van der Waals surface area (Å²) in [6, 6.07) is 2.02. The van der Waals surface area contributed by atoms with Crippen LogP contribution in [0.25, 0.3) is 0 Å². The van der Waals surface area contributed by atoms with Crippen molar-refractivity contribution in [1.82, 2.24) is 15.1 Å². The van der Waals surface area contributed by atoms with Crippen molar-refractivity contribution in [2.24, 2.45) is 13.0 Å². The average molecular weight is 235 g/mol. The summed E-state index contributed by atoms with van der Waals surface area (Å²) in [5, 5.41) is 7.29. The van der Waals surface area contributed by atoms with Gasteiger partial charge in [0.05, 0.1) is 17.9 Å². The van der Waals surface area contributed by atoms with Crippen LogP contribution in [0, 0.1) is 12.8 Å². The van der Waals surface area contributed by atoms with Gasteiger partial charge in [0, 0.05) is 13.0 Å². The molecule has 1 aromatic heterocycles. The molecule has 1 aliphatic rings. The van der Waals surface area contributed by atoms with Gasteiger partial charge < -0.3 is 5.32 Å². The Labute approximate surface area is 102 Å². The smallest absolute Gasteiger partial charge is 0.223 e. The zero-order valence-corrected chi connectivity index (χ0v) is 10.7. The highest BCUT2D eigenvalue weighted by molar-refractivity contribution is 5.78. The lowest BCUT2D eigenvalue weighted by atomic mass is 9.89. The van der Waals surface area contributed by atoms with Crippen LogP contribution < -0.4 is 5.32 Å². The van der Waals surface area contributed by atoms with Crippen molar-refractivity contribution in [2.75, 3.05) is 0 Å². The molecule has 0 bridgehead atoms. The maximum Gasteiger partial charge on any atom is 0.223 e. The number of rotatable bonds is 3. The number of aryl methyl sites for hydroxylation is 2. The summed E-state index contributed by atoms with van der Waals surface area (Å²) in [6.07, 6.45) is 5.78. The second kappa shape index (κ2) is 5.34. The van der Waals surface area contributed by atoms with E-state index in [-0.39, 0.29) is 11.8 Å². The Kier molecular flexibility index (Phi) is 3.82. The molecule has 0 aliphatic heterocycles. The van der Waals surface area contributed by atoms with Gasteiger partial charge in [-0.2, -0.15) is 5.10 Å². The van der Waals surface area contributed by atoms with Crippen LogP contribution in [-0.2, 0) is 18.4 Å². The molecule has 2 rings (SSSR count). The maximum absolute atomic E-state index is 11.9. The fourth-order valence-electron chi connectivity index (χ4n) is 2.52. The van der Waals surface area contributed by atoms with Gasteiger partial charge in [0.25, 0.3) is 0 Å². The third kappa shape index (κ3) is 3.08. The predicted molar refractivity (Wildman–Crippen MR) is 66.4 cm³/mol. The van der Waals surface area contributed by atoms with Gasteiger partial charge >= 0.3 is 0 Å². The van der Waals surface area contributed by atoms with Gasteiger partial charge in [-0.1, -0.05) is 19.3 Å². The Balaban J connectivity index is 1.85. The van der Waals surface area contributed by atoms with Gasteiger partial charge in [-0.05, 0) is 25.8 Å². The third-order valence-corrected chi connectivity index (χ3v) is 3.52. The number of aromatic nitrogens is 2. The minimum atomic E-state index is 0.212. The topological polar surface area (TPSA) is 46.9 Å². The average Bonchev–Trinajstić information content (AvgIpc) is 2.66. The summed E-state index contributed by atoms with van der Waals surface area (Å²) < 4.78 is 1.83. The molecule has 1 aromatic rings. The van der Waals surface area contributed by atoms with Gasteiger partial charge in [0.1, 0.15) is 0 Å². The summed E-state index contributed by atoms with van der Waals surface area (Å²) in [7, 11) is 1.91. The van der Waals surface area contributed by atoms with E-state index in [9.17, 15) is 4.79 Å². The summed E-state index contributed by atoms with van der Waals surface area (Å²) in [5.74, 6) is 0.446. The Morgan fingerprint density at radius 3 is 2.76 bits per heavy atom. The molecular weight excluding hydrogens is 214 g/mol. The van der Waals surface area contributed by atoms with E-state index in [1.165, 1.54) is 19.3 Å². The molecule has 1 aliphatic carbocycles. The quantitative estimate of drug-likeness (QED) is 0.870. The summed E-state index contributed by atoms with van der Waals surface area (Å²) in [6.45, 7) is 2.55. The van der Waals surface area contributed by atoms with Crippen LogP contribution in [0.3, 0.4) is 0 Å². The van der Waals surface area contributed by atoms with Crippen molar-refractivity contribution in [2.45, 2.75) is 45.6 Å². The first kappa shape index (κ1) is 12.1. The van der Waals surface area contributed by atoms with Crippen LogP contribution >= 0.6 is 0 Å². The van der Waals surface area contributed by atoms with Gasteiger partial charge in [-0.3, -0.25) is 9.48 Å². The van der Waals surface area contributed by atoms with Crippen LogP contribution in [0.1, 0.15) is 43.5 Å². The highest BCUT2D eigenvalue weighted by Gasteiger charge is 2.20. The monoisotopic (exact) mass is 235 g/mol. The van der Waals surface area contributed by atoms with Gasteiger partial charge in [-0.25, -0.2) is 0 Å². The molecule has 1 heterocycles. The first-order valence-electron chi connectivity index (χ1n) is 6.44. The van der Waals surface area contributed by atoms with Crippen molar-refractivity contribution in [3.05, 3.63) is 17.5 Å². The SMILES string of the molecule is Cc1cc(CNC(=O)C2CCCCC2)n(C)n1. The third-order valence-electron chi connectivity index (χ3n) is 3.52. The zero-order chi connectivity index (χ0) is 12.3. The van der Waals surface area contributed by atoms with E-state index in [4.69, 9.17) is 0 Å². The number of nitrogens with one attached hydrogen (secondary N) is 1. The van der Waals surface area contributed by atoms with E-state index >= 15 is 0 Å². The van der Waals surface area contributed by atoms with E-state index in [2.05, 4.69) is 10.4 Å². The van der Waals surface area contributed by atoms with Crippen molar-refractivity contribution in [1.29, 1.82) is 0 Å². The second-order valence-corrected chi connectivity index (χ2v) is 4.95. The number of hydrogen-bond donors (Lipinski definition) is 1. The fourth-order valence-corrected chi connectivity index (χ4v) is 2.52. The lowest BCUT2D eigenvalue weighted by Crippen LogP contribution is -2.32. The van der Waals surface area contributed by atoms with Gasteiger partial charge in [0.2, 0.25) is 5.91 Å². The first-order chi connectivity index (χ1) is 8.16. The molecule has 0 aromatic carbocycles. The minimum Gasteiger partial charge on any atom is -0.350 e. The molecule has 1 N–H and O–H groups in total. The minimum absolute atomic E-state index is 0.212. The Morgan fingerprint density at radius 2 is 2.18 bits per heavy atom. The van der Waals surface area contributed by atoms with E-state index in [1.807, 2.05) is 24.7 Å². The van der Waals surface area contributed by atoms with E-state index in [0.717, 1.165) is 24.2 Å². The molecular formula is C13H21N3O. The molecule has 0 radical (unpaired) electrons. The summed E-state index contributed by atoms with van der Waals surface area (Å²) in [5.41, 5.74) is 2.06. The van der Waals surface area contributed by atoms with E-state index in [0.29, 0.717) is 6.54 Å².